The average Bonchev–Trinajstić information content (AvgIpc) is 2.87. The van der Waals surface area contributed by atoms with Crippen molar-refractivity contribution in [2.24, 2.45) is 0 Å². The molecular formula is C24H18N2O8. The Labute approximate surface area is 193 Å². The lowest BCUT2D eigenvalue weighted by atomic mass is 9.98. The van der Waals surface area contributed by atoms with Crippen molar-refractivity contribution >= 4 is 35.0 Å². The number of benzene rings is 3. The van der Waals surface area contributed by atoms with Gasteiger partial charge in [-0.05, 0) is 42.5 Å². The van der Waals surface area contributed by atoms with E-state index in [1.54, 1.807) is 0 Å². The van der Waals surface area contributed by atoms with Crippen LogP contribution in [0.2, 0.25) is 0 Å². The van der Waals surface area contributed by atoms with E-state index in [1.165, 1.54) is 67.8 Å². The second-order valence-electron chi connectivity index (χ2n) is 6.91. The summed E-state index contributed by atoms with van der Waals surface area (Å²) in [6, 6.07) is 15.1. The van der Waals surface area contributed by atoms with Gasteiger partial charge in [0.2, 0.25) is 0 Å². The summed E-state index contributed by atoms with van der Waals surface area (Å²) in [6.45, 7) is 0. The van der Waals surface area contributed by atoms with Crippen LogP contribution in [-0.4, -0.2) is 42.8 Å². The van der Waals surface area contributed by atoms with Crippen molar-refractivity contribution in [2.75, 3.05) is 19.5 Å². The zero-order valence-electron chi connectivity index (χ0n) is 18.1. The molecule has 1 N–H and O–H groups in total. The van der Waals surface area contributed by atoms with Crippen molar-refractivity contribution in [3.05, 3.63) is 105 Å². The number of nitro benzene ring substituents is 1. The van der Waals surface area contributed by atoms with E-state index in [0.717, 1.165) is 13.2 Å². The van der Waals surface area contributed by atoms with E-state index >= 15 is 0 Å². The first kappa shape index (κ1) is 23.8. The van der Waals surface area contributed by atoms with Crippen LogP contribution >= 0.6 is 0 Å². The number of carbonyl (C=O) groups is 4. The number of ether oxygens (including phenoxy) is 2. The summed E-state index contributed by atoms with van der Waals surface area (Å²) in [5, 5.41) is 13.5. The topological polar surface area (TPSA) is 142 Å². The molecule has 0 heterocycles. The van der Waals surface area contributed by atoms with E-state index in [9.17, 15) is 29.3 Å². The molecule has 10 heteroatoms. The quantitative estimate of drug-likeness (QED) is 0.243. The van der Waals surface area contributed by atoms with Crippen LogP contribution < -0.4 is 5.32 Å². The fourth-order valence-corrected chi connectivity index (χ4v) is 3.09. The molecule has 10 nitrogen and oxygen atoms in total. The normalized spacial score (nSPS) is 10.2. The van der Waals surface area contributed by atoms with E-state index in [-0.39, 0.29) is 33.5 Å². The number of ketones is 1. The lowest BCUT2D eigenvalue weighted by molar-refractivity contribution is -0.384. The molecule has 1 amide bonds. The van der Waals surface area contributed by atoms with Gasteiger partial charge in [0, 0.05) is 34.5 Å². The van der Waals surface area contributed by atoms with Crippen LogP contribution in [-0.2, 0) is 9.47 Å². The summed E-state index contributed by atoms with van der Waals surface area (Å²) >= 11 is 0. The number of hydrogen-bond acceptors (Lipinski definition) is 8. The first-order valence-corrected chi connectivity index (χ1v) is 9.76. The van der Waals surface area contributed by atoms with Crippen molar-refractivity contribution in [3.63, 3.8) is 0 Å². The zero-order valence-corrected chi connectivity index (χ0v) is 18.1. The minimum Gasteiger partial charge on any atom is -0.465 e. The van der Waals surface area contributed by atoms with Gasteiger partial charge in [-0.15, -0.1) is 0 Å². The zero-order chi connectivity index (χ0) is 24.8. The molecule has 3 rings (SSSR count). The summed E-state index contributed by atoms with van der Waals surface area (Å²) < 4.78 is 9.34. The highest BCUT2D eigenvalue weighted by molar-refractivity contribution is 6.12. The molecule has 0 aromatic heterocycles. The van der Waals surface area contributed by atoms with Crippen molar-refractivity contribution in [3.8, 4) is 0 Å². The Morgan fingerprint density at radius 3 is 2.00 bits per heavy atom. The number of amides is 1. The fourth-order valence-electron chi connectivity index (χ4n) is 3.09. The molecule has 3 aromatic rings. The minimum absolute atomic E-state index is 0.0369. The Bertz CT molecular complexity index is 1300. The van der Waals surface area contributed by atoms with Crippen LogP contribution in [0, 0.1) is 10.1 Å². The van der Waals surface area contributed by atoms with E-state index in [1.807, 2.05) is 0 Å². The smallest absolute Gasteiger partial charge is 0.338 e. The Morgan fingerprint density at radius 1 is 0.765 bits per heavy atom. The highest BCUT2D eigenvalue weighted by Gasteiger charge is 2.21. The number of nitrogens with zero attached hydrogens (tertiary/aromatic N) is 1. The molecule has 3 aromatic carbocycles. The van der Waals surface area contributed by atoms with Gasteiger partial charge in [0.1, 0.15) is 0 Å². The van der Waals surface area contributed by atoms with Gasteiger partial charge in [-0.3, -0.25) is 19.7 Å². The molecule has 0 bridgehead atoms. The van der Waals surface area contributed by atoms with Crippen LogP contribution in [0.15, 0.2) is 66.7 Å². The minimum atomic E-state index is -0.797. The van der Waals surface area contributed by atoms with Crippen molar-refractivity contribution in [1.82, 2.24) is 0 Å². The first-order chi connectivity index (χ1) is 16.2. The fraction of sp³-hybridized carbons (Fsp3) is 0.0833. The third kappa shape index (κ3) is 5.13. The molecule has 0 radical (unpaired) electrons. The second-order valence-corrected chi connectivity index (χ2v) is 6.91. The van der Waals surface area contributed by atoms with Crippen LogP contribution in [0.1, 0.15) is 47.0 Å². The number of nitro groups is 1. The van der Waals surface area contributed by atoms with Gasteiger partial charge in [0.05, 0.1) is 30.3 Å². The number of methoxy groups -OCH3 is 2. The Kier molecular flexibility index (Phi) is 7.12. The van der Waals surface area contributed by atoms with E-state index in [0.29, 0.717) is 5.69 Å². The second kappa shape index (κ2) is 10.2. The molecule has 34 heavy (non-hydrogen) atoms. The van der Waals surface area contributed by atoms with Crippen molar-refractivity contribution in [2.45, 2.75) is 0 Å². The molecule has 0 aliphatic carbocycles. The lowest BCUT2D eigenvalue weighted by Gasteiger charge is -2.09. The number of non-ortho nitro benzene ring substituents is 1. The molecule has 0 saturated carbocycles. The Balaban J connectivity index is 1.80. The number of carbonyl (C=O) groups excluding carboxylic acids is 4. The molecule has 0 spiro atoms. The molecule has 0 aliphatic heterocycles. The maximum absolute atomic E-state index is 12.9. The largest absolute Gasteiger partial charge is 0.465 e. The average molecular weight is 462 g/mol. The molecule has 0 unspecified atom stereocenters. The van der Waals surface area contributed by atoms with Gasteiger partial charge in [0.25, 0.3) is 11.6 Å². The van der Waals surface area contributed by atoms with Crippen LogP contribution in [0.4, 0.5) is 11.4 Å². The van der Waals surface area contributed by atoms with Gasteiger partial charge in [-0.2, -0.15) is 0 Å². The summed E-state index contributed by atoms with van der Waals surface area (Å²) in [5.74, 6) is -2.53. The molecule has 172 valence electrons. The van der Waals surface area contributed by atoms with Gasteiger partial charge < -0.3 is 14.8 Å². The maximum Gasteiger partial charge on any atom is 0.338 e. The van der Waals surface area contributed by atoms with E-state index < -0.39 is 28.6 Å². The summed E-state index contributed by atoms with van der Waals surface area (Å²) in [7, 11) is 2.32. The summed E-state index contributed by atoms with van der Waals surface area (Å²) in [4.78, 5) is 59.6. The summed E-state index contributed by atoms with van der Waals surface area (Å²) in [6.07, 6.45) is 0. The number of anilines is 1. The van der Waals surface area contributed by atoms with E-state index in [4.69, 9.17) is 0 Å². The lowest BCUT2D eigenvalue weighted by Crippen LogP contribution is -2.14. The highest BCUT2D eigenvalue weighted by atomic mass is 16.6. The van der Waals surface area contributed by atoms with Crippen molar-refractivity contribution < 1.29 is 33.6 Å². The van der Waals surface area contributed by atoms with Crippen LogP contribution in [0.5, 0.6) is 0 Å². The molecule has 0 aliphatic rings. The predicted octanol–water partition coefficient (Wildman–Crippen LogP) is 3.65. The van der Waals surface area contributed by atoms with Crippen molar-refractivity contribution in [1.29, 1.82) is 0 Å². The molecule has 0 saturated heterocycles. The summed E-state index contributed by atoms with van der Waals surface area (Å²) in [5.41, 5.74) is 0.514. The monoisotopic (exact) mass is 462 g/mol. The van der Waals surface area contributed by atoms with Crippen LogP contribution in [0.3, 0.4) is 0 Å². The van der Waals surface area contributed by atoms with Gasteiger partial charge in [-0.1, -0.05) is 12.1 Å². The Hall–Kier alpha value is -4.86. The van der Waals surface area contributed by atoms with E-state index in [2.05, 4.69) is 14.8 Å². The maximum atomic E-state index is 12.9. The Morgan fingerprint density at radius 2 is 1.38 bits per heavy atom. The number of rotatable bonds is 7. The number of nitrogens with one attached hydrogen (secondary N) is 1. The van der Waals surface area contributed by atoms with Gasteiger partial charge >= 0.3 is 11.9 Å². The third-order valence-corrected chi connectivity index (χ3v) is 4.82. The molecule has 0 atom stereocenters. The molecule has 0 fully saturated rings. The van der Waals surface area contributed by atoms with Gasteiger partial charge in [-0.25, -0.2) is 9.59 Å². The number of esters is 2. The van der Waals surface area contributed by atoms with Crippen LogP contribution in [0.25, 0.3) is 0 Å². The van der Waals surface area contributed by atoms with Gasteiger partial charge in [0.15, 0.2) is 5.78 Å². The highest BCUT2D eigenvalue weighted by Crippen LogP contribution is 2.20. The first-order valence-electron chi connectivity index (χ1n) is 9.76. The SMILES string of the molecule is COC(=O)c1ccc(C(=O)c2ccc(NC(=O)c3cccc([N+](=O)[O-])c3)cc2)cc1C(=O)OC. The third-order valence-electron chi connectivity index (χ3n) is 4.82. The standard InChI is InChI=1S/C24H18N2O8/c1-33-23(29)19-11-8-15(13-20(19)24(30)34-2)21(27)14-6-9-17(10-7-14)25-22(28)16-4-3-5-18(12-16)26(31)32/h3-13H,1-2H3,(H,25,28). The predicted molar refractivity (Wildman–Crippen MR) is 120 cm³/mol. The number of hydrogen-bond donors (Lipinski definition) is 1. The molecular weight excluding hydrogens is 444 g/mol.